The Hall–Kier alpha value is -3.49. The lowest BCUT2D eigenvalue weighted by molar-refractivity contribution is 0.611. The molecule has 0 bridgehead atoms. The van der Waals surface area contributed by atoms with Crippen LogP contribution in [0.5, 0.6) is 0 Å². The Kier molecular flexibility index (Phi) is 4.87. The first kappa shape index (κ1) is 18.9. The largest absolute Gasteiger partial charge is 0.330 e. The number of hydrogen-bond acceptors (Lipinski definition) is 5. The Balaban J connectivity index is 1.92. The van der Waals surface area contributed by atoms with Crippen molar-refractivity contribution in [2.24, 2.45) is 0 Å². The average Bonchev–Trinajstić information content (AvgIpc) is 3.08. The topological polar surface area (TPSA) is 108 Å². The van der Waals surface area contributed by atoms with Crippen molar-refractivity contribution in [3.63, 3.8) is 0 Å². The molecule has 150 valence electrons. The van der Waals surface area contributed by atoms with Crippen LogP contribution in [0.25, 0.3) is 22.1 Å². The number of aromatic amines is 1. The zero-order valence-corrected chi connectivity index (χ0v) is 16.4. The van der Waals surface area contributed by atoms with E-state index in [1.54, 1.807) is 21.4 Å². The highest BCUT2D eigenvalue weighted by Crippen LogP contribution is 2.15. The van der Waals surface area contributed by atoms with Gasteiger partial charge in [0, 0.05) is 18.5 Å². The molecule has 29 heavy (non-hydrogen) atoms. The lowest BCUT2D eigenvalue weighted by Gasteiger charge is -2.10. The third-order valence-electron chi connectivity index (χ3n) is 5.07. The summed E-state index contributed by atoms with van der Waals surface area (Å²) in [6, 6.07) is 7.23. The van der Waals surface area contributed by atoms with Crippen molar-refractivity contribution in [1.82, 2.24) is 28.9 Å². The summed E-state index contributed by atoms with van der Waals surface area (Å²) in [7, 11) is 0. The number of benzene rings is 1. The molecule has 0 aliphatic rings. The number of rotatable bonds is 6. The summed E-state index contributed by atoms with van der Waals surface area (Å²) in [5.41, 5.74) is 0.405. The fourth-order valence-electron chi connectivity index (χ4n) is 3.62. The van der Waals surface area contributed by atoms with Crippen molar-refractivity contribution < 1.29 is 0 Å². The molecule has 9 heteroatoms. The number of aryl methyl sites for hydroxylation is 2. The average molecular weight is 394 g/mol. The summed E-state index contributed by atoms with van der Waals surface area (Å²) in [5.74, 6) is 0.602. The second-order valence-electron chi connectivity index (χ2n) is 6.89. The summed E-state index contributed by atoms with van der Waals surface area (Å²) in [5, 5.41) is 4.82. The van der Waals surface area contributed by atoms with E-state index in [-0.39, 0.29) is 12.0 Å². The maximum absolute atomic E-state index is 12.5. The molecule has 0 saturated carbocycles. The van der Waals surface area contributed by atoms with Gasteiger partial charge in [-0.25, -0.2) is 9.78 Å². The standard InChI is InChI=1S/C20H22N6O3/c1-3-5-10-25-18-17(19(28)23-20(25)29)24(4-2)16(22-18)12-26-14-9-7-6-8-13(14)15(27)11-21-26/h6-9,11H,3-5,10,12H2,1-2H3,(H,23,28,29). The van der Waals surface area contributed by atoms with Gasteiger partial charge in [0.25, 0.3) is 5.56 Å². The Morgan fingerprint density at radius 2 is 1.86 bits per heavy atom. The fourth-order valence-corrected chi connectivity index (χ4v) is 3.62. The van der Waals surface area contributed by atoms with Gasteiger partial charge in [0.15, 0.2) is 11.2 Å². The van der Waals surface area contributed by atoms with Crippen molar-refractivity contribution in [3.05, 3.63) is 67.3 Å². The van der Waals surface area contributed by atoms with Crippen LogP contribution in [0.2, 0.25) is 0 Å². The summed E-state index contributed by atoms with van der Waals surface area (Å²) in [6.45, 7) is 5.23. The van der Waals surface area contributed by atoms with E-state index < -0.39 is 11.2 Å². The summed E-state index contributed by atoms with van der Waals surface area (Å²) in [4.78, 5) is 44.0. The SMILES string of the molecule is CCCCn1c(=O)[nH]c(=O)c2c1nc(Cn1ncc(=O)c3ccccc31)n2CC. The van der Waals surface area contributed by atoms with Gasteiger partial charge in [-0.05, 0) is 25.5 Å². The van der Waals surface area contributed by atoms with Crippen LogP contribution in [0, 0.1) is 0 Å². The zero-order chi connectivity index (χ0) is 20.5. The molecule has 1 aromatic carbocycles. The van der Waals surface area contributed by atoms with Gasteiger partial charge in [0.2, 0.25) is 5.43 Å². The van der Waals surface area contributed by atoms with Gasteiger partial charge in [-0.1, -0.05) is 25.5 Å². The number of fused-ring (bicyclic) bond motifs is 2. The van der Waals surface area contributed by atoms with Crippen LogP contribution >= 0.6 is 0 Å². The molecule has 0 spiro atoms. The predicted molar refractivity (Wildman–Crippen MR) is 110 cm³/mol. The molecule has 0 atom stereocenters. The van der Waals surface area contributed by atoms with E-state index in [0.717, 1.165) is 12.8 Å². The minimum atomic E-state index is -0.449. The van der Waals surface area contributed by atoms with Crippen LogP contribution in [0.1, 0.15) is 32.5 Å². The highest BCUT2D eigenvalue weighted by molar-refractivity contribution is 5.78. The van der Waals surface area contributed by atoms with E-state index in [4.69, 9.17) is 0 Å². The van der Waals surface area contributed by atoms with Gasteiger partial charge in [0.05, 0.1) is 18.3 Å². The number of nitrogens with one attached hydrogen (secondary N) is 1. The molecule has 4 rings (SSSR count). The maximum Gasteiger partial charge on any atom is 0.330 e. The fraction of sp³-hybridized carbons (Fsp3) is 0.350. The van der Waals surface area contributed by atoms with Gasteiger partial charge in [-0.2, -0.15) is 5.10 Å². The third-order valence-corrected chi connectivity index (χ3v) is 5.07. The number of H-pyrrole nitrogens is 1. The van der Waals surface area contributed by atoms with Gasteiger partial charge >= 0.3 is 5.69 Å². The number of para-hydroxylation sites is 1. The predicted octanol–water partition coefficient (Wildman–Crippen LogP) is 1.46. The molecule has 3 heterocycles. The summed E-state index contributed by atoms with van der Waals surface area (Å²) < 4.78 is 5.00. The van der Waals surface area contributed by atoms with E-state index >= 15 is 0 Å². The first-order valence-electron chi connectivity index (χ1n) is 9.72. The highest BCUT2D eigenvalue weighted by Gasteiger charge is 2.18. The Morgan fingerprint density at radius 1 is 1.07 bits per heavy atom. The third kappa shape index (κ3) is 3.18. The number of hydrogen-bond donors (Lipinski definition) is 1. The lowest BCUT2D eigenvalue weighted by Crippen LogP contribution is -2.31. The molecule has 0 saturated heterocycles. The minimum absolute atomic E-state index is 0.148. The Bertz CT molecular complexity index is 1380. The van der Waals surface area contributed by atoms with Crippen molar-refractivity contribution in [1.29, 1.82) is 0 Å². The molecular formula is C20H22N6O3. The number of nitrogens with zero attached hydrogens (tertiary/aromatic N) is 5. The van der Waals surface area contributed by atoms with Gasteiger partial charge in [-0.15, -0.1) is 0 Å². The van der Waals surface area contributed by atoms with Crippen LogP contribution in [0.4, 0.5) is 0 Å². The normalized spacial score (nSPS) is 11.5. The molecular weight excluding hydrogens is 372 g/mol. The molecule has 9 nitrogen and oxygen atoms in total. The van der Waals surface area contributed by atoms with Crippen molar-refractivity contribution in [3.8, 4) is 0 Å². The number of imidazole rings is 1. The maximum atomic E-state index is 12.5. The Labute approximate surface area is 165 Å². The number of aromatic nitrogens is 6. The van der Waals surface area contributed by atoms with Crippen molar-refractivity contribution in [2.75, 3.05) is 0 Å². The Morgan fingerprint density at radius 3 is 2.62 bits per heavy atom. The minimum Gasteiger partial charge on any atom is -0.321 e. The quantitative estimate of drug-likeness (QED) is 0.533. The lowest BCUT2D eigenvalue weighted by atomic mass is 10.2. The number of unbranched alkanes of at least 4 members (excludes halogenated alkanes) is 1. The zero-order valence-electron chi connectivity index (χ0n) is 16.4. The molecule has 0 radical (unpaired) electrons. The van der Waals surface area contributed by atoms with E-state index in [1.165, 1.54) is 10.8 Å². The molecule has 4 aromatic rings. The molecule has 1 N–H and O–H groups in total. The van der Waals surface area contributed by atoms with Crippen molar-refractivity contribution >= 4 is 22.1 Å². The molecule has 0 unspecified atom stereocenters. The van der Waals surface area contributed by atoms with E-state index in [9.17, 15) is 14.4 Å². The van der Waals surface area contributed by atoms with Gasteiger partial charge in [-0.3, -0.25) is 23.8 Å². The molecule has 0 fully saturated rings. The molecule has 0 aliphatic carbocycles. The van der Waals surface area contributed by atoms with Crippen LogP contribution in [-0.2, 0) is 19.6 Å². The van der Waals surface area contributed by atoms with E-state index in [2.05, 4.69) is 15.1 Å². The summed E-state index contributed by atoms with van der Waals surface area (Å²) >= 11 is 0. The van der Waals surface area contributed by atoms with E-state index in [1.807, 2.05) is 26.0 Å². The van der Waals surface area contributed by atoms with Gasteiger partial charge in [0.1, 0.15) is 5.82 Å². The van der Waals surface area contributed by atoms with Crippen LogP contribution < -0.4 is 16.7 Å². The second-order valence-corrected chi connectivity index (χ2v) is 6.89. The smallest absolute Gasteiger partial charge is 0.321 e. The first-order chi connectivity index (χ1) is 14.0. The van der Waals surface area contributed by atoms with Crippen molar-refractivity contribution in [2.45, 2.75) is 46.3 Å². The first-order valence-corrected chi connectivity index (χ1v) is 9.72. The second kappa shape index (κ2) is 7.50. The van der Waals surface area contributed by atoms with Gasteiger partial charge < -0.3 is 4.57 Å². The highest BCUT2D eigenvalue weighted by atomic mass is 16.2. The molecule has 0 amide bonds. The monoisotopic (exact) mass is 394 g/mol. The summed E-state index contributed by atoms with van der Waals surface area (Å²) in [6.07, 6.45) is 3.01. The molecule has 0 aliphatic heterocycles. The van der Waals surface area contributed by atoms with Crippen LogP contribution in [-0.4, -0.2) is 28.9 Å². The van der Waals surface area contributed by atoms with E-state index in [0.29, 0.717) is 41.0 Å². The molecule has 3 aromatic heterocycles. The van der Waals surface area contributed by atoms with Crippen LogP contribution in [0.15, 0.2) is 44.8 Å². The van der Waals surface area contributed by atoms with Crippen LogP contribution in [0.3, 0.4) is 0 Å².